The highest BCUT2D eigenvalue weighted by Crippen LogP contribution is 2.52. The van der Waals surface area contributed by atoms with Crippen molar-refractivity contribution < 1.29 is 24.1 Å². The number of rotatable bonds is 0. The summed E-state index contributed by atoms with van der Waals surface area (Å²) in [7, 11) is 0. The predicted octanol–water partition coefficient (Wildman–Crippen LogP) is 0.515. The first-order valence-corrected chi connectivity index (χ1v) is 5.82. The molecule has 2 saturated heterocycles. The molecule has 1 aliphatic carbocycles. The third kappa shape index (κ3) is 1.27. The molecule has 0 amide bonds. The highest BCUT2D eigenvalue weighted by Gasteiger charge is 2.65. The molecule has 1 spiro atoms. The van der Waals surface area contributed by atoms with Crippen LogP contribution in [-0.2, 0) is 19.0 Å². The number of ether oxygens (including phenoxy) is 3. The minimum Gasteiger partial charge on any atom is -0.462 e. The van der Waals surface area contributed by atoms with Gasteiger partial charge in [-0.25, -0.2) is 4.79 Å². The van der Waals surface area contributed by atoms with Crippen LogP contribution in [-0.4, -0.2) is 41.3 Å². The topological polar surface area (TPSA) is 65.0 Å². The Morgan fingerprint density at radius 3 is 2.82 bits per heavy atom. The Labute approximate surface area is 99.3 Å². The second-order valence-corrected chi connectivity index (χ2v) is 5.32. The molecule has 17 heavy (non-hydrogen) atoms. The third-order valence-corrected chi connectivity index (χ3v) is 3.76. The molecule has 2 heterocycles. The first-order chi connectivity index (χ1) is 7.87. The highest BCUT2D eigenvalue weighted by atomic mass is 16.8. The van der Waals surface area contributed by atoms with E-state index in [0.29, 0.717) is 24.2 Å². The van der Waals surface area contributed by atoms with Crippen LogP contribution in [0.4, 0.5) is 0 Å². The minimum atomic E-state index is -0.817. The van der Waals surface area contributed by atoms with Gasteiger partial charge in [0.15, 0.2) is 5.79 Å². The van der Waals surface area contributed by atoms with E-state index in [-0.39, 0.29) is 0 Å². The molecule has 0 radical (unpaired) electrons. The second kappa shape index (κ2) is 3.10. The van der Waals surface area contributed by atoms with Gasteiger partial charge in [-0.3, -0.25) is 0 Å². The van der Waals surface area contributed by atoms with Gasteiger partial charge >= 0.3 is 5.97 Å². The van der Waals surface area contributed by atoms with Crippen LogP contribution < -0.4 is 0 Å². The van der Waals surface area contributed by atoms with Crippen LogP contribution >= 0.6 is 0 Å². The molecule has 5 heteroatoms. The summed E-state index contributed by atoms with van der Waals surface area (Å²) in [5.74, 6) is -1.17. The van der Waals surface area contributed by atoms with Crippen molar-refractivity contribution in [3.05, 3.63) is 11.1 Å². The number of carbonyl (C=O) groups is 1. The first kappa shape index (κ1) is 11.2. The Balaban J connectivity index is 2.13. The Morgan fingerprint density at radius 1 is 1.41 bits per heavy atom. The molecule has 0 unspecified atom stereocenters. The van der Waals surface area contributed by atoms with Crippen molar-refractivity contribution in [3.63, 3.8) is 0 Å². The maximum absolute atomic E-state index is 11.9. The lowest BCUT2D eigenvalue weighted by Gasteiger charge is -2.34. The van der Waals surface area contributed by atoms with Crippen LogP contribution in [0.5, 0.6) is 0 Å². The Morgan fingerprint density at radius 2 is 2.12 bits per heavy atom. The fourth-order valence-corrected chi connectivity index (χ4v) is 3.16. The zero-order chi connectivity index (χ0) is 12.4. The number of aliphatic hydroxyl groups is 1. The molecule has 2 aliphatic heterocycles. The molecule has 0 aromatic rings. The average Bonchev–Trinajstić information content (AvgIpc) is 2.57. The van der Waals surface area contributed by atoms with E-state index in [4.69, 9.17) is 14.2 Å². The van der Waals surface area contributed by atoms with E-state index in [2.05, 4.69) is 0 Å². The van der Waals surface area contributed by atoms with Crippen LogP contribution in [0.15, 0.2) is 11.1 Å². The van der Waals surface area contributed by atoms with E-state index in [0.717, 1.165) is 0 Å². The van der Waals surface area contributed by atoms with Crippen molar-refractivity contribution in [2.45, 2.75) is 50.8 Å². The lowest BCUT2D eigenvalue weighted by atomic mass is 9.87. The van der Waals surface area contributed by atoms with E-state index in [1.807, 2.05) is 0 Å². The zero-order valence-corrected chi connectivity index (χ0v) is 10.1. The molecular weight excluding hydrogens is 224 g/mol. The number of cyclic esters (lactones) is 1. The Kier molecular flexibility index (Phi) is 2.04. The Bertz CT molecular complexity index is 425. The molecule has 1 N–H and O–H groups in total. The van der Waals surface area contributed by atoms with Crippen molar-refractivity contribution in [1.29, 1.82) is 0 Å². The fraction of sp³-hybridized carbons (Fsp3) is 0.750. The third-order valence-electron chi connectivity index (χ3n) is 3.76. The lowest BCUT2D eigenvalue weighted by molar-refractivity contribution is -0.174. The van der Waals surface area contributed by atoms with Crippen LogP contribution in [0, 0.1) is 0 Å². The lowest BCUT2D eigenvalue weighted by Crippen LogP contribution is -2.48. The summed E-state index contributed by atoms with van der Waals surface area (Å²) >= 11 is 0. The molecule has 94 valence electrons. The predicted molar refractivity (Wildman–Crippen MR) is 57.1 cm³/mol. The molecule has 0 saturated carbocycles. The van der Waals surface area contributed by atoms with Crippen molar-refractivity contribution >= 4 is 5.97 Å². The Hall–Kier alpha value is -0.910. The second-order valence-electron chi connectivity index (χ2n) is 5.32. The molecule has 5 nitrogen and oxygen atoms in total. The van der Waals surface area contributed by atoms with Crippen molar-refractivity contribution in [1.82, 2.24) is 0 Å². The molecule has 3 atom stereocenters. The van der Waals surface area contributed by atoms with Gasteiger partial charge in [-0.2, -0.15) is 0 Å². The van der Waals surface area contributed by atoms with E-state index < -0.39 is 29.6 Å². The zero-order valence-electron chi connectivity index (χ0n) is 10.1. The van der Waals surface area contributed by atoms with Gasteiger partial charge in [0.25, 0.3) is 0 Å². The summed E-state index contributed by atoms with van der Waals surface area (Å²) in [4.78, 5) is 11.9. The summed E-state index contributed by atoms with van der Waals surface area (Å²) in [6.07, 6.45) is -0.755. The van der Waals surface area contributed by atoms with Gasteiger partial charge in [-0.1, -0.05) is 0 Å². The van der Waals surface area contributed by atoms with E-state index >= 15 is 0 Å². The van der Waals surface area contributed by atoms with Gasteiger partial charge in [0.2, 0.25) is 0 Å². The average molecular weight is 240 g/mol. The highest BCUT2D eigenvalue weighted by molar-refractivity contribution is 5.94. The van der Waals surface area contributed by atoms with Crippen LogP contribution in [0.2, 0.25) is 0 Å². The van der Waals surface area contributed by atoms with Crippen molar-refractivity contribution in [2.24, 2.45) is 0 Å². The van der Waals surface area contributed by atoms with E-state index in [9.17, 15) is 9.90 Å². The molecule has 3 aliphatic rings. The molecule has 2 fully saturated rings. The summed E-state index contributed by atoms with van der Waals surface area (Å²) in [5, 5.41) is 10.2. The van der Waals surface area contributed by atoms with Gasteiger partial charge < -0.3 is 19.3 Å². The van der Waals surface area contributed by atoms with E-state index in [1.54, 1.807) is 20.8 Å². The van der Waals surface area contributed by atoms with Crippen LogP contribution in [0.25, 0.3) is 0 Å². The standard InChI is InChI=1S/C12H16O5/c1-6-7-10(14)15-5-4-12(7)9(8(6)13)16-11(2,3)17-12/h8-9,13H,4-5H2,1-3H3/t8-,9-,12+/m1/s1. The van der Waals surface area contributed by atoms with Gasteiger partial charge in [-0.05, 0) is 26.3 Å². The molecular formula is C12H16O5. The monoisotopic (exact) mass is 240 g/mol. The number of hydrogen-bond donors (Lipinski definition) is 1. The quantitative estimate of drug-likeness (QED) is 0.625. The van der Waals surface area contributed by atoms with Crippen molar-refractivity contribution in [3.8, 4) is 0 Å². The number of carbonyl (C=O) groups excluding carboxylic acids is 1. The normalized spacial score (nSPS) is 43.4. The smallest absolute Gasteiger partial charge is 0.337 e. The van der Waals surface area contributed by atoms with Gasteiger partial charge in [0.05, 0.1) is 12.2 Å². The summed E-state index contributed by atoms with van der Waals surface area (Å²) in [5.41, 5.74) is 0.240. The fourth-order valence-electron chi connectivity index (χ4n) is 3.16. The first-order valence-electron chi connectivity index (χ1n) is 5.82. The molecule has 0 aromatic heterocycles. The molecule has 0 aromatic carbocycles. The summed E-state index contributed by atoms with van der Waals surface area (Å²) < 4.78 is 16.7. The number of aliphatic hydroxyl groups excluding tert-OH is 1. The van der Waals surface area contributed by atoms with Gasteiger partial charge in [0.1, 0.15) is 17.8 Å². The SMILES string of the molecule is CC1=C2C(=O)OCC[C@]23OC(C)(C)O[C@@H]3[C@@H]1O. The largest absolute Gasteiger partial charge is 0.462 e. The van der Waals surface area contributed by atoms with Crippen molar-refractivity contribution in [2.75, 3.05) is 6.61 Å². The molecule has 3 rings (SSSR count). The van der Waals surface area contributed by atoms with Crippen LogP contribution in [0.3, 0.4) is 0 Å². The van der Waals surface area contributed by atoms with E-state index in [1.165, 1.54) is 0 Å². The number of hydrogen-bond acceptors (Lipinski definition) is 5. The minimum absolute atomic E-state index is 0.304. The van der Waals surface area contributed by atoms with Crippen LogP contribution in [0.1, 0.15) is 27.2 Å². The molecule has 0 bridgehead atoms. The maximum atomic E-state index is 11.9. The summed E-state index contributed by atoms with van der Waals surface area (Å²) in [6.45, 7) is 5.62. The number of esters is 1. The van der Waals surface area contributed by atoms with Gasteiger partial charge in [0, 0.05) is 6.42 Å². The maximum Gasteiger partial charge on any atom is 0.337 e. The summed E-state index contributed by atoms with van der Waals surface area (Å²) in [6, 6.07) is 0. The van der Waals surface area contributed by atoms with Gasteiger partial charge in [-0.15, -0.1) is 0 Å².